The summed E-state index contributed by atoms with van der Waals surface area (Å²) in [6, 6.07) is 14.1. The minimum Gasteiger partial charge on any atom is -0.338 e. The molecule has 0 bridgehead atoms. The fourth-order valence-corrected chi connectivity index (χ4v) is 2.13. The van der Waals surface area contributed by atoms with Crippen molar-refractivity contribution in [1.29, 1.82) is 0 Å². The molecule has 0 spiro atoms. The normalized spacial score (nSPS) is 10.1. The molecule has 2 aromatic rings. The van der Waals surface area contributed by atoms with E-state index in [1.165, 1.54) is 5.56 Å². The average Bonchev–Trinajstić information content (AvgIpc) is 2.53. The molecule has 1 aromatic carbocycles. The Bertz CT molecular complexity index is 542. The van der Waals surface area contributed by atoms with Gasteiger partial charge in [0, 0.05) is 32.0 Å². The molecule has 4 heteroatoms. The number of hydrogen-bond donors (Lipinski definition) is 1. The van der Waals surface area contributed by atoms with Crippen LogP contribution in [0.25, 0.3) is 0 Å². The van der Waals surface area contributed by atoms with Crippen LogP contribution >= 0.6 is 0 Å². The molecule has 2 amide bonds. The minimum absolute atomic E-state index is 0.0229. The number of carbonyl (C=O) groups excluding carboxylic acids is 1. The zero-order valence-electron chi connectivity index (χ0n) is 12.3. The van der Waals surface area contributed by atoms with Gasteiger partial charge in [0.2, 0.25) is 0 Å². The van der Waals surface area contributed by atoms with Crippen LogP contribution in [-0.4, -0.2) is 29.0 Å². The molecular weight excluding hydrogens is 262 g/mol. The van der Waals surface area contributed by atoms with Gasteiger partial charge in [-0.25, -0.2) is 4.79 Å². The van der Waals surface area contributed by atoms with Crippen molar-refractivity contribution in [3.8, 4) is 0 Å². The molecule has 110 valence electrons. The van der Waals surface area contributed by atoms with Gasteiger partial charge < -0.3 is 10.2 Å². The van der Waals surface area contributed by atoms with Crippen LogP contribution in [0.4, 0.5) is 4.79 Å². The second-order valence-electron chi connectivity index (χ2n) is 4.85. The predicted octanol–water partition coefficient (Wildman–Crippen LogP) is 2.86. The number of carbonyl (C=O) groups is 1. The number of nitrogens with zero attached hydrogens (tertiary/aromatic N) is 2. The highest BCUT2D eigenvalue weighted by atomic mass is 16.2. The van der Waals surface area contributed by atoms with Gasteiger partial charge in [0.1, 0.15) is 0 Å². The van der Waals surface area contributed by atoms with Crippen LogP contribution in [-0.2, 0) is 13.0 Å². The monoisotopic (exact) mass is 283 g/mol. The summed E-state index contributed by atoms with van der Waals surface area (Å²) < 4.78 is 0. The highest BCUT2D eigenvalue weighted by Gasteiger charge is 2.12. The molecule has 0 unspecified atom stereocenters. The molecule has 0 radical (unpaired) electrons. The first-order valence-electron chi connectivity index (χ1n) is 7.25. The van der Waals surface area contributed by atoms with E-state index in [9.17, 15) is 4.79 Å². The van der Waals surface area contributed by atoms with Gasteiger partial charge in [0.25, 0.3) is 0 Å². The number of benzene rings is 1. The Labute approximate surface area is 125 Å². The molecule has 1 aromatic heterocycles. The molecule has 1 heterocycles. The van der Waals surface area contributed by atoms with Gasteiger partial charge in [-0.2, -0.15) is 0 Å². The maximum Gasteiger partial charge on any atom is 0.317 e. The SMILES string of the molecule is CCNC(=O)N(CCc1ccccc1)Cc1ccncc1. The summed E-state index contributed by atoms with van der Waals surface area (Å²) in [5.74, 6) is 0. The van der Waals surface area contributed by atoms with Crippen molar-refractivity contribution in [2.75, 3.05) is 13.1 Å². The largest absolute Gasteiger partial charge is 0.338 e. The number of aromatic nitrogens is 1. The zero-order chi connectivity index (χ0) is 14.9. The van der Waals surface area contributed by atoms with Crippen molar-refractivity contribution in [2.45, 2.75) is 19.9 Å². The van der Waals surface area contributed by atoms with Gasteiger partial charge in [-0.15, -0.1) is 0 Å². The fraction of sp³-hybridized carbons (Fsp3) is 0.294. The molecule has 0 aliphatic rings. The number of urea groups is 1. The van der Waals surface area contributed by atoms with Gasteiger partial charge in [0.15, 0.2) is 0 Å². The van der Waals surface area contributed by atoms with E-state index in [2.05, 4.69) is 22.4 Å². The summed E-state index contributed by atoms with van der Waals surface area (Å²) >= 11 is 0. The van der Waals surface area contributed by atoms with Crippen LogP contribution < -0.4 is 5.32 Å². The molecule has 4 nitrogen and oxygen atoms in total. The smallest absolute Gasteiger partial charge is 0.317 e. The maximum atomic E-state index is 12.2. The zero-order valence-corrected chi connectivity index (χ0v) is 12.3. The standard InChI is InChI=1S/C17H21N3O/c1-2-19-17(21)20(14-16-8-11-18-12-9-16)13-10-15-6-4-3-5-7-15/h3-9,11-12H,2,10,13-14H2,1H3,(H,19,21). The summed E-state index contributed by atoms with van der Waals surface area (Å²) in [6.07, 6.45) is 4.36. The van der Waals surface area contributed by atoms with Crippen molar-refractivity contribution in [3.63, 3.8) is 0 Å². The van der Waals surface area contributed by atoms with Crippen LogP contribution in [0.3, 0.4) is 0 Å². The van der Waals surface area contributed by atoms with E-state index in [0.29, 0.717) is 19.6 Å². The summed E-state index contributed by atoms with van der Waals surface area (Å²) in [5.41, 5.74) is 2.32. The van der Waals surface area contributed by atoms with Crippen LogP contribution in [0, 0.1) is 0 Å². The Balaban J connectivity index is 2.00. The quantitative estimate of drug-likeness (QED) is 0.886. The third-order valence-electron chi connectivity index (χ3n) is 3.25. The summed E-state index contributed by atoms with van der Waals surface area (Å²) in [7, 11) is 0. The maximum absolute atomic E-state index is 12.2. The van der Waals surface area contributed by atoms with Gasteiger partial charge in [-0.1, -0.05) is 30.3 Å². The summed E-state index contributed by atoms with van der Waals surface area (Å²) in [6.45, 7) is 3.86. The van der Waals surface area contributed by atoms with Crippen molar-refractivity contribution in [3.05, 3.63) is 66.0 Å². The molecular formula is C17H21N3O. The fourth-order valence-electron chi connectivity index (χ4n) is 2.13. The third-order valence-corrected chi connectivity index (χ3v) is 3.25. The first kappa shape index (κ1) is 15.0. The molecule has 0 aliphatic carbocycles. The van der Waals surface area contributed by atoms with E-state index in [-0.39, 0.29) is 6.03 Å². The van der Waals surface area contributed by atoms with Crippen LogP contribution in [0.5, 0.6) is 0 Å². The van der Waals surface area contributed by atoms with E-state index >= 15 is 0 Å². The van der Waals surface area contributed by atoms with Crippen LogP contribution in [0.15, 0.2) is 54.9 Å². The number of rotatable bonds is 6. The average molecular weight is 283 g/mol. The Morgan fingerprint density at radius 3 is 2.48 bits per heavy atom. The Morgan fingerprint density at radius 2 is 1.81 bits per heavy atom. The molecule has 0 saturated heterocycles. The molecule has 0 fully saturated rings. The third kappa shape index (κ3) is 4.91. The van der Waals surface area contributed by atoms with E-state index < -0.39 is 0 Å². The molecule has 0 saturated carbocycles. The van der Waals surface area contributed by atoms with E-state index in [4.69, 9.17) is 0 Å². The molecule has 2 rings (SSSR count). The number of amides is 2. The Hall–Kier alpha value is -2.36. The van der Waals surface area contributed by atoms with Crippen molar-refractivity contribution >= 4 is 6.03 Å². The second-order valence-corrected chi connectivity index (χ2v) is 4.85. The number of nitrogens with one attached hydrogen (secondary N) is 1. The van der Waals surface area contributed by atoms with Crippen molar-refractivity contribution in [2.24, 2.45) is 0 Å². The first-order valence-corrected chi connectivity index (χ1v) is 7.25. The van der Waals surface area contributed by atoms with E-state index in [1.54, 1.807) is 12.4 Å². The molecule has 21 heavy (non-hydrogen) atoms. The first-order chi connectivity index (χ1) is 10.3. The second kappa shape index (κ2) is 8.04. The number of pyridine rings is 1. The Morgan fingerprint density at radius 1 is 1.10 bits per heavy atom. The van der Waals surface area contributed by atoms with E-state index in [1.807, 2.05) is 42.2 Å². The van der Waals surface area contributed by atoms with Crippen LogP contribution in [0.2, 0.25) is 0 Å². The van der Waals surface area contributed by atoms with Crippen molar-refractivity contribution < 1.29 is 4.79 Å². The lowest BCUT2D eigenvalue weighted by atomic mass is 10.1. The highest BCUT2D eigenvalue weighted by molar-refractivity contribution is 5.74. The predicted molar refractivity (Wildman–Crippen MR) is 83.9 cm³/mol. The van der Waals surface area contributed by atoms with Crippen LogP contribution in [0.1, 0.15) is 18.1 Å². The van der Waals surface area contributed by atoms with Gasteiger partial charge in [0.05, 0.1) is 0 Å². The van der Waals surface area contributed by atoms with Gasteiger partial charge in [-0.3, -0.25) is 4.98 Å². The number of hydrogen-bond acceptors (Lipinski definition) is 2. The molecule has 1 N–H and O–H groups in total. The Kier molecular flexibility index (Phi) is 5.76. The lowest BCUT2D eigenvalue weighted by molar-refractivity contribution is 0.196. The van der Waals surface area contributed by atoms with E-state index in [0.717, 1.165) is 12.0 Å². The summed E-state index contributed by atoms with van der Waals surface area (Å²) in [4.78, 5) is 18.0. The lowest BCUT2D eigenvalue weighted by Gasteiger charge is -2.23. The van der Waals surface area contributed by atoms with Gasteiger partial charge in [-0.05, 0) is 36.6 Å². The van der Waals surface area contributed by atoms with Crippen molar-refractivity contribution in [1.82, 2.24) is 15.2 Å². The molecule has 0 atom stereocenters. The highest BCUT2D eigenvalue weighted by Crippen LogP contribution is 2.07. The lowest BCUT2D eigenvalue weighted by Crippen LogP contribution is -2.40. The topological polar surface area (TPSA) is 45.2 Å². The summed E-state index contributed by atoms with van der Waals surface area (Å²) in [5, 5.41) is 2.87. The minimum atomic E-state index is -0.0229. The molecule has 0 aliphatic heterocycles. The van der Waals surface area contributed by atoms with Gasteiger partial charge >= 0.3 is 6.03 Å².